The van der Waals surface area contributed by atoms with Crippen LogP contribution in [0.4, 0.5) is 0 Å². The lowest BCUT2D eigenvalue weighted by Gasteiger charge is -2.27. The first-order valence-corrected chi connectivity index (χ1v) is 12.3. The summed E-state index contributed by atoms with van der Waals surface area (Å²) in [6, 6.07) is 19.4. The zero-order valence-electron chi connectivity index (χ0n) is 19.3. The van der Waals surface area contributed by atoms with Crippen LogP contribution in [0.3, 0.4) is 0 Å². The second-order valence-electron chi connectivity index (χ2n) is 7.95. The Labute approximate surface area is 207 Å². The van der Waals surface area contributed by atoms with Crippen molar-refractivity contribution >= 4 is 17.7 Å². The van der Waals surface area contributed by atoms with Gasteiger partial charge < -0.3 is 14.4 Å². The van der Waals surface area contributed by atoms with Crippen LogP contribution in [0.2, 0.25) is 0 Å². The zero-order valence-corrected chi connectivity index (χ0v) is 20.1. The molecular formula is C26H25N5O3S. The summed E-state index contributed by atoms with van der Waals surface area (Å²) in [6.45, 7) is 2.41. The van der Waals surface area contributed by atoms with Crippen molar-refractivity contribution < 1.29 is 14.3 Å². The van der Waals surface area contributed by atoms with E-state index in [1.165, 1.54) is 0 Å². The number of pyridine rings is 1. The van der Waals surface area contributed by atoms with Gasteiger partial charge in [-0.3, -0.25) is 14.3 Å². The Bertz CT molecular complexity index is 1310. The van der Waals surface area contributed by atoms with Gasteiger partial charge in [-0.05, 0) is 42.0 Å². The highest BCUT2D eigenvalue weighted by molar-refractivity contribution is 7.98. The van der Waals surface area contributed by atoms with E-state index in [-0.39, 0.29) is 5.91 Å². The molecular weight excluding hydrogens is 462 g/mol. The lowest BCUT2D eigenvalue weighted by molar-refractivity contribution is 0.0303. The predicted octanol–water partition coefficient (Wildman–Crippen LogP) is 4.10. The fourth-order valence-electron chi connectivity index (χ4n) is 3.97. The van der Waals surface area contributed by atoms with Gasteiger partial charge in [0.25, 0.3) is 5.91 Å². The van der Waals surface area contributed by atoms with Crippen molar-refractivity contribution in [1.82, 2.24) is 24.6 Å². The maximum absolute atomic E-state index is 12.9. The number of hydrogen-bond acceptors (Lipinski definition) is 7. The van der Waals surface area contributed by atoms with Gasteiger partial charge in [0.1, 0.15) is 5.75 Å². The first-order chi connectivity index (χ1) is 17.2. The molecule has 0 spiro atoms. The molecule has 35 heavy (non-hydrogen) atoms. The van der Waals surface area contributed by atoms with Crippen molar-refractivity contribution in [3.63, 3.8) is 0 Å². The molecule has 4 aromatic rings. The average molecular weight is 488 g/mol. The number of morpholine rings is 1. The van der Waals surface area contributed by atoms with Crippen LogP contribution in [0.5, 0.6) is 5.75 Å². The van der Waals surface area contributed by atoms with E-state index in [1.54, 1.807) is 31.3 Å². The topological polar surface area (TPSA) is 82.4 Å². The van der Waals surface area contributed by atoms with Gasteiger partial charge in [0, 0.05) is 42.4 Å². The van der Waals surface area contributed by atoms with Crippen LogP contribution in [0.15, 0.2) is 78.2 Å². The highest BCUT2D eigenvalue weighted by Crippen LogP contribution is 2.33. The summed E-state index contributed by atoms with van der Waals surface area (Å²) in [7, 11) is 1.65. The number of methoxy groups -OCH3 is 1. The summed E-state index contributed by atoms with van der Waals surface area (Å²) in [5.41, 5.74) is 3.42. The van der Waals surface area contributed by atoms with E-state index >= 15 is 0 Å². The molecule has 0 N–H and O–H groups in total. The number of para-hydroxylation sites is 2. The molecule has 3 heterocycles. The Balaban J connectivity index is 1.43. The number of thioether (sulfide) groups is 1. The van der Waals surface area contributed by atoms with Crippen LogP contribution in [-0.2, 0) is 10.5 Å². The zero-order chi connectivity index (χ0) is 24.0. The second-order valence-corrected chi connectivity index (χ2v) is 8.89. The molecule has 1 saturated heterocycles. The van der Waals surface area contributed by atoms with E-state index in [0.29, 0.717) is 43.4 Å². The maximum atomic E-state index is 12.9. The van der Waals surface area contributed by atoms with Gasteiger partial charge in [0.15, 0.2) is 11.0 Å². The summed E-state index contributed by atoms with van der Waals surface area (Å²) in [4.78, 5) is 19.0. The van der Waals surface area contributed by atoms with Crippen molar-refractivity contribution in [3.05, 3.63) is 84.2 Å². The molecule has 1 amide bonds. The van der Waals surface area contributed by atoms with Gasteiger partial charge in [-0.2, -0.15) is 0 Å². The molecule has 1 aliphatic heterocycles. The van der Waals surface area contributed by atoms with Crippen molar-refractivity contribution in [1.29, 1.82) is 0 Å². The van der Waals surface area contributed by atoms with Crippen molar-refractivity contribution in [2.24, 2.45) is 0 Å². The minimum Gasteiger partial charge on any atom is -0.495 e. The minimum atomic E-state index is 0.0382. The normalized spacial score (nSPS) is 13.6. The number of amides is 1. The van der Waals surface area contributed by atoms with Gasteiger partial charge in [-0.25, -0.2) is 0 Å². The molecule has 1 fully saturated rings. The molecule has 9 heteroatoms. The lowest BCUT2D eigenvalue weighted by Crippen LogP contribution is -2.40. The molecule has 2 aromatic carbocycles. The Kier molecular flexibility index (Phi) is 7.06. The third-order valence-corrected chi connectivity index (χ3v) is 6.72. The Morgan fingerprint density at radius 1 is 1.06 bits per heavy atom. The fourth-order valence-corrected chi connectivity index (χ4v) is 4.86. The molecule has 0 aliphatic carbocycles. The van der Waals surface area contributed by atoms with E-state index < -0.39 is 0 Å². The number of aromatic nitrogens is 4. The minimum absolute atomic E-state index is 0.0382. The highest BCUT2D eigenvalue weighted by atomic mass is 32.2. The van der Waals surface area contributed by atoms with Crippen molar-refractivity contribution in [2.75, 3.05) is 33.4 Å². The van der Waals surface area contributed by atoms with E-state index in [1.807, 2.05) is 70.1 Å². The van der Waals surface area contributed by atoms with Crippen LogP contribution in [-0.4, -0.2) is 64.0 Å². The number of ether oxygens (including phenoxy) is 2. The number of carbonyl (C=O) groups excluding carboxylic acids is 1. The van der Waals surface area contributed by atoms with Gasteiger partial charge in [0.05, 0.1) is 26.0 Å². The highest BCUT2D eigenvalue weighted by Gasteiger charge is 2.21. The van der Waals surface area contributed by atoms with Crippen LogP contribution in [0.25, 0.3) is 17.1 Å². The molecule has 0 atom stereocenters. The summed E-state index contributed by atoms with van der Waals surface area (Å²) in [6.07, 6.45) is 3.50. The van der Waals surface area contributed by atoms with E-state index in [9.17, 15) is 4.79 Å². The first kappa shape index (κ1) is 23.1. The van der Waals surface area contributed by atoms with Crippen molar-refractivity contribution in [3.8, 4) is 22.8 Å². The first-order valence-electron chi connectivity index (χ1n) is 11.3. The Hall–Kier alpha value is -3.69. The van der Waals surface area contributed by atoms with E-state index in [0.717, 1.165) is 27.7 Å². The molecule has 8 nitrogen and oxygen atoms in total. The van der Waals surface area contributed by atoms with Crippen LogP contribution >= 0.6 is 11.8 Å². The van der Waals surface area contributed by atoms with Gasteiger partial charge in [-0.1, -0.05) is 36.0 Å². The third kappa shape index (κ3) is 5.06. The molecule has 2 aromatic heterocycles. The van der Waals surface area contributed by atoms with Crippen molar-refractivity contribution in [2.45, 2.75) is 10.9 Å². The molecule has 0 unspecified atom stereocenters. The molecule has 0 saturated carbocycles. The number of nitrogens with zero attached hydrogens (tertiary/aromatic N) is 5. The number of rotatable bonds is 7. The van der Waals surface area contributed by atoms with Gasteiger partial charge in [0.2, 0.25) is 0 Å². The van der Waals surface area contributed by atoms with Gasteiger partial charge in [-0.15, -0.1) is 10.2 Å². The van der Waals surface area contributed by atoms with E-state index in [4.69, 9.17) is 9.47 Å². The summed E-state index contributed by atoms with van der Waals surface area (Å²) < 4.78 is 13.0. The smallest absolute Gasteiger partial charge is 0.254 e. The number of carbonyl (C=O) groups is 1. The average Bonchev–Trinajstić information content (AvgIpc) is 3.36. The maximum Gasteiger partial charge on any atom is 0.254 e. The van der Waals surface area contributed by atoms with Crippen LogP contribution in [0, 0.1) is 0 Å². The molecule has 0 radical (unpaired) electrons. The fraction of sp³-hybridized carbons (Fsp3) is 0.231. The lowest BCUT2D eigenvalue weighted by atomic mass is 10.1. The summed E-state index contributed by atoms with van der Waals surface area (Å²) in [5, 5.41) is 9.70. The third-order valence-electron chi connectivity index (χ3n) is 5.72. The molecule has 5 rings (SSSR count). The standard InChI is InChI=1S/C26H25N5O3S/c1-33-23-10-3-2-9-22(23)31-24(21-8-5-11-27-17-21)28-29-26(31)35-18-19-6-4-7-20(16-19)25(32)30-12-14-34-15-13-30/h2-11,16-17H,12-15,18H2,1H3. The summed E-state index contributed by atoms with van der Waals surface area (Å²) in [5.74, 6) is 2.07. The predicted molar refractivity (Wildman–Crippen MR) is 134 cm³/mol. The molecule has 0 bridgehead atoms. The Morgan fingerprint density at radius 2 is 1.91 bits per heavy atom. The quantitative estimate of drug-likeness (QED) is 0.363. The van der Waals surface area contributed by atoms with Crippen LogP contribution < -0.4 is 4.74 Å². The Morgan fingerprint density at radius 3 is 2.71 bits per heavy atom. The second kappa shape index (κ2) is 10.7. The largest absolute Gasteiger partial charge is 0.495 e. The number of benzene rings is 2. The van der Waals surface area contributed by atoms with Crippen LogP contribution in [0.1, 0.15) is 15.9 Å². The SMILES string of the molecule is COc1ccccc1-n1c(SCc2cccc(C(=O)N3CCOCC3)c2)nnc1-c1cccnc1. The van der Waals surface area contributed by atoms with Gasteiger partial charge >= 0.3 is 0 Å². The summed E-state index contributed by atoms with van der Waals surface area (Å²) >= 11 is 1.55. The number of hydrogen-bond donors (Lipinski definition) is 0. The molecule has 1 aliphatic rings. The molecule has 178 valence electrons. The van der Waals surface area contributed by atoms with E-state index in [2.05, 4.69) is 15.2 Å². The monoisotopic (exact) mass is 487 g/mol.